The maximum absolute atomic E-state index is 12.7. The molecule has 2 rings (SSSR count). The van der Waals surface area contributed by atoms with Crippen LogP contribution in [0, 0.1) is 6.92 Å². The molecule has 0 radical (unpaired) electrons. The van der Waals surface area contributed by atoms with Crippen molar-refractivity contribution in [2.45, 2.75) is 17.6 Å². The average molecular weight is 355 g/mol. The molecule has 2 aromatic rings. The van der Waals surface area contributed by atoms with E-state index in [9.17, 15) is 22.0 Å². The number of amides is 1. The number of hydrogen-bond donors (Lipinski definition) is 1. The van der Waals surface area contributed by atoms with Crippen molar-refractivity contribution in [1.29, 1.82) is 0 Å². The molecule has 24 heavy (non-hydrogen) atoms. The molecule has 128 valence electrons. The Hall–Kier alpha value is -2.48. The van der Waals surface area contributed by atoms with Gasteiger partial charge in [-0.1, -0.05) is 24.3 Å². The van der Waals surface area contributed by atoms with Crippen molar-refractivity contribution < 1.29 is 26.7 Å². The lowest BCUT2D eigenvalue weighted by molar-refractivity contribution is -0.118. The maximum Gasteiger partial charge on any atom is 0.341 e. The molecule has 0 bridgehead atoms. The summed E-state index contributed by atoms with van der Waals surface area (Å²) in [4.78, 5) is 11.3. The Balaban J connectivity index is 2.10. The number of ether oxygens (including phenoxy) is 1. The van der Waals surface area contributed by atoms with Gasteiger partial charge < -0.3 is 10.1 Å². The topological polar surface area (TPSA) is 72.5 Å². The van der Waals surface area contributed by atoms with E-state index in [1.165, 1.54) is 18.2 Å². The van der Waals surface area contributed by atoms with E-state index in [0.717, 1.165) is 11.6 Å². The van der Waals surface area contributed by atoms with E-state index in [2.05, 4.69) is 5.32 Å². The zero-order valence-corrected chi connectivity index (χ0v) is 13.5. The zero-order chi connectivity index (χ0) is 17.7. The van der Waals surface area contributed by atoms with E-state index in [1.807, 2.05) is 13.0 Å². The molecule has 1 amide bonds. The van der Waals surface area contributed by atoms with Gasteiger partial charge in [-0.3, -0.25) is 4.79 Å². The Morgan fingerprint density at radius 2 is 1.88 bits per heavy atom. The van der Waals surface area contributed by atoms with Crippen LogP contribution in [0.5, 0.6) is 5.75 Å². The largest absolute Gasteiger partial charge is 0.484 e. The monoisotopic (exact) mass is 355 g/mol. The SMILES string of the molecule is Cc1cccc(OCC(=O)Nc2ccccc2S(=O)(=O)C(F)F)c1. The van der Waals surface area contributed by atoms with Gasteiger partial charge in [0.25, 0.3) is 5.91 Å². The fourth-order valence-corrected chi connectivity index (χ4v) is 2.84. The van der Waals surface area contributed by atoms with E-state index in [-0.39, 0.29) is 12.3 Å². The highest BCUT2D eigenvalue weighted by atomic mass is 32.2. The molecule has 0 saturated carbocycles. The Morgan fingerprint density at radius 1 is 1.17 bits per heavy atom. The molecule has 8 heteroatoms. The van der Waals surface area contributed by atoms with Crippen LogP contribution in [-0.2, 0) is 14.6 Å². The first kappa shape index (κ1) is 17.9. The Labute approximate surface area is 138 Å². The molecular weight excluding hydrogens is 340 g/mol. The Bertz CT molecular complexity index is 837. The van der Waals surface area contributed by atoms with Crippen molar-refractivity contribution in [1.82, 2.24) is 0 Å². The second-order valence-electron chi connectivity index (χ2n) is 4.96. The van der Waals surface area contributed by atoms with Crippen LogP contribution in [0.2, 0.25) is 0 Å². The quantitative estimate of drug-likeness (QED) is 0.865. The van der Waals surface area contributed by atoms with E-state index >= 15 is 0 Å². The molecular formula is C16H15F2NO4S. The standard InChI is InChI=1S/C16H15F2NO4S/c1-11-5-4-6-12(9-11)23-10-15(20)19-13-7-2-3-8-14(13)24(21,22)16(17)18/h2-9,16H,10H2,1H3,(H,19,20). The summed E-state index contributed by atoms with van der Waals surface area (Å²) in [6.07, 6.45) is 0. The van der Waals surface area contributed by atoms with Crippen molar-refractivity contribution in [2.75, 3.05) is 11.9 Å². The molecule has 0 aliphatic heterocycles. The van der Waals surface area contributed by atoms with E-state index in [1.54, 1.807) is 18.2 Å². The third kappa shape index (κ3) is 4.29. The number of anilines is 1. The number of para-hydroxylation sites is 1. The molecule has 1 N–H and O–H groups in total. The van der Waals surface area contributed by atoms with Crippen molar-refractivity contribution in [3.8, 4) is 5.75 Å². The highest BCUT2D eigenvalue weighted by Crippen LogP contribution is 2.26. The smallest absolute Gasteiger partial charge is 0.341 e. The number of carbonyl (C=O) groups is 1. The van der Waals surface area contributed by atoms with Crippen molar-refractivity contribution >= 4 is 21.4 Å². The van der Waals surface area contributed by atoms with Crippen LogP contribution in [-0.4, -0.2) is 26.7 Å². The average Bonchev–Trinajstić information content (AvgIpc) is 2.53. The number of hydrogen-bond acceptors (Lipinski definition) is 4. The number of benzene rings is 2. The van der Waals surface area contributed by atoms with Crippen molar-refractivity contribution in [2.24, 2.45) is 0 Å². The minimum atomic E-state index is -4.81. The molecule has 0 spiro atoms. The molecule has 0 saturated heterocycles. The van der Waals surface area contributed by atoms with Gasteiger partial charge in [-0.25, -0.2) is 8.42 Å². The summed E-state index contributed by atoms with van der Waals surface area (Å²) in [6, 6.07) is 12.0. The second kappa shape index (κ2) is 7.39. The molecule has 0 fully saturated rings. The third-order valence-electron chi connectivity index (χ3n) is 3.06. The normalized spacial score (nSPS) is 11.3. The van der Waals surface area contributed by atoms with Crippen LogP contribution in [0.25, 0.3) is 0 Å². The summed E-state index contributed by atoms with van der Waals surface area (Å²) in [5.41, 5.74) is 0.733. The number of carbonyl (C=O) groups excluding carboxylic acids is 1. The number of sulfone groups is 1. The van der Waals surface area contributed by atoms with Gasteiger partial charge >= 0.3 is 5.76 Å². The van der Waals surface area contributed by atoms with Crippen molar-refractivity contribution in [3.05, 3.63) is 54.1 Å². The number of rotatable bonds is 6. The fraction of sp³-hybridized carbons (Fsp3) is 0.188. The predicted molar refractivity (Wildman–Crippen MR) is 84.9 cm³/mol. The van der Waals surface area contributed by atoms with E-state index < -0.39 is 26.4 Å². The van der Waals surface area contributed by atoms with Gasteiger partial charge in [-0.2, -0.15) is 8.78 Å². The summed E-state index contributed by atoms with van der Waals surface area (Å²) in [5.74, 6) is -3.76. The Kier molecular flexibility index (Phi) is 5.50. The summed E-state index contributed by atoms with van der Waals surface area (Å²) < 4.78 is 53.9. The minimum absolute atomic E-state index is 0.212. The van der Waals surface area contributed by atoms with Crippen molar-refractivity contribution in [3.63, 3.8) is 0 Å². The van der Waals surface area contributed by atoms with Crippen LogP contribution in [0.1, 0.15) is 5.56 Å². The van der Waals surface area contributed by atoms with Crippen LogP contribution in [0.3, 0.4) is 0 Å². The van der Waals surface area contributed by atoms with Gasteiger partial charge in [-0.05, 0) is 36.8 Å². The summed E-state index contributed by atoms with van der Waals surface area (Å²) >= 11 is 0. The summed E-state index contributed by atoms with van der Waals surface area (Å²) in [6.45, 7) is 1.48. The lowest BCUT2D eigenvalue weighted by atomic mass is 10.2. The Morgan fingerprint density at radius 3 is 2.54 bits per heavy atom. The maximum atomic E-state index is 12.7. The van der Waals surface area contributed by atoms with Crippen LogP contribution in [0.15, 0.2) is 53.4 Å². The number of halogens is 2. The second-order valence-corrected chi connectivity index (χ2v) is 6.84. The van der Waals surface area contributed by atoms with E-state index in [0.29, 0.717) is 5.75 Å². The summed E-state index contributed by atoms with van der Waals surface area (Å²) in [5, 5.41) is 2.28. The van der Waals surface area contributed by atoms with Gasteiger partial charge in [0.05, 0.1) is 10.6 Å². The fourth-order valence-electron chi connectivity index (χ4n) is 1.95. The first-order valence-electron chi connectivity index (χ1n) is 6.91. The lowest BCUT2D eigenvalue weighted by Crippen LogP contribution is -2.22. The van der Waals surface area contributed by atoms with Gasteiger partial charge in [-0.15, -0.1) is 0 Å². The van der Waals surface area contributed by atoms with Crippen LogP contribution >= 0.6 is 0 Å². The highest BCUT2D eigenvalue weighted by Gasteiger charge is 2.29. The number of alkyl halides is 2. The molecule has 5 nitrogen and oxygen atoms in total. The first-order chi connectivity index (χ1) is 11.3. The summed E-state index contributed by atoms with van der Waals surface area (Å²) in [7, 11) is -4.81. The molecule has 0 aliphatic rings. The van der Waals surface area contributed by atoms with Gasteiger partial charge in [0, 0.05) is 0 Å². The third-order valence-corrected chi connectivity index (χ3v) is 4.50. The van der Waals surface area contributed by atoms with Gasteiger partial charge in [0.2, 0.25) is 9.84 Å². The molecule has 0 unspecified atom stereocenters. The number of aryl methyl sites for hydroxylation is 1. The molecule has 2 aromatic carbocycles. The molecule has 0 aromatic heterocycles. The molecule has 0 heterocycles. The lowest BCUT2D eigenvalue weighted by Gasteiger charge is -2.12. The number of nitrogens with one attached hydrogen (secondary N) is 1. The zero-order valence-electron chi connectivity index (χ0n) is 12.7. The van der Waals surface area contributed by atoms with Crippen LogP contribution < -0.4 is 10.1 Å². The highest BCUT2D eigenvalue weighted by molar-refractivity contribution is 7.91. The first-order valence-corrected chi connectivity index (χ1v) is 8.46. The molecule has 0 atom stereocenters. The predicted octanol–water partition coefficient (Wildman–Crippen LogP) is 3.01. The van der Waals surface area contributed by atoms with Gasteiger partial charge in [0.15, 0.2) is 6.61 Å². The minimum Gasteiger partial charge on any atom is -0.484 e. The van der Waals surface area contributed by atoms with Crippen LogP contribution in [0.4, 0.5) is 14.5 Å². The molecule has 0 aliphatic carbocycles. The van der Waals surface area contributed by atoms with E-state index in [4.69, 9.17) is 4.74 Å². The van der Waals surface area contributed by atoms with Gasteiger partial charge in [0.1, 0.15) is 5.75 Å².